The van der Waals surface area contributed by atoms with E-state index in [0.717, 1.165) is 43.9 Å². The Balaban J connectivity index is 1.67. The van der Waals surface area contributed by atoms with Crippen molar-refractivity contribution in [1.82, 2.24) is 0 Å². The number of hydrogen-bond donors (Lipinski definition) is 0. The van der Waals surface area contributed by atoms with E-state index in [1.54, 1.807) is 6.92 Å². The van der Waals surface area contributed by atoms with Crippen LogP contribution in [0.3, 0.4) is 0 Å². The molecule has 0 saturated heterocycles. The molecule has 2 aromatic carbocycles. The van der Waals surface area contributed by atoms with E-state index in [9.17, 15) is 9.18 Å². The number of hydrogen-bond acceptors (Lipinski definition) is 2. The van der Waals surface area contributed by atoms with Crippen molar-refractivity contribution in [2.24, 2.45) is 5.92 Å². The average molecular weight is 511 g/mol. The standard InChI is InChI=1S/C28H28F6O2/c1-3-5-7-16-8-11-18(12-9-16)36-26(35)21-15-14-20-19-13-10-17(6-4-2)24(29)22(19)27(31,32)28(33,34)23(20)25(21)30/h3,10,13-16,18H,1,4-9,11-12H2,2H3. The molecule has 36 heavy (non-hydrogen) atoms. The van der Waals surface area contributed by atoms with E-state index in [4.69, 9.17) is 4.74 Å². The van der Waals surface area contributed by atoms with Gasteiger partial charge in [-0.3, -0.25) is 0 Å². The number of carbonyl (C=O) groups excluding carboxylic acids is 1. The lowest BCUT2D eigenvalue weighted by Gasteiger charge is -2.36. The van der Waals surface area contributed by atoms with E-state index in [0.29, 0.717) is 25.2 Å². The fourth-order valence-corrected chi connectivity index (χ4v) is 5.30. The molecule has 0 atom stereocenters. The number of ether oxygens (including phenoxy) is 1. The number of fused-ring (bicyclic) bond motifs is 3. The monoisotopic (exact) mass is 510 g/mol. The van der Waals surface area contributed by atoms with Crippen molar-refractivity contribution in [3.05, 3.63) is 70.8 Å². The van der Waals surface area contributed by atoms with Crippen molar-refractivity contribution in [2.75, 3.05) is 0 Å². The van der Waals surface area contributed by atoms with Crippen LogP contribution in [-0.2, 0) is 23.0 Å². The fourth-order valence-electron chi connectivity index (χ4n) is 5.30. The lowest BCUT2D eigenvalue weighted by Crippen LogP contribution is -2.41. The predicted octanol–water partition coefficient (Wildman–Crippen LogP) is 8.46. The fraction of sp³-hybridized carbons (Fsp3) is 0.464. The summed E-state index contributed by atoms with van der Waals surface area (Å²) in [6.07, 6.45) is 6.35. The first-order valence-electron chi connectivity index (χ1n) is 12.3. The zero-order chi connectivity index (χ0) is 26.3. The van der Waals surface area contributed by atoms with Gasteiger partial charge in [-0.15, -0.1) is 6.58 Å². The molecule has 8 heteroatoms. The second kappa shape index (κ2) is 9.94. The molecule has 0 N–H and O–H groups in total. The van der Waals surface area contributed by atoms with Crippen LogP contribution in [0.5, 0.6) is 0 Å². The molecule has 0 bridgehead atoms. The van der Waals surface area contributed by atoms with E-state index in [1.165, 1.54) is 6.07 Å². The van der Waals surface area contributed by atoms with Crippen LogP contribution in [0.4, 0.5) is 26.3 Å². The molecule has 194 valence electrons. The number of alkyl halides is 4. The van der Waals surface area contributed by atoms with Crippen LogP contribution in [0.1, 0.15) is 78.9 Å². The van der Waals surface area contributed by atoms with Crippen LogP contribution in [-0.4, -0.2) is 12.1 Å². The summed E-state index contributed by atoms with van der Waals surface area (Å²) >= 11 is 0. The quantitative estimate of drug-likeness (QED) is 0.212. The van der Waals surface area contributed by atoms with Gasteiger partial charge in [0.15, 0.2) is 0 Å². The summed E-state index contributed by atoms with van der Waals surface area (Å²) < 4.78 is 96.1. The molecule has 0 aromatic heterocycles. The number of carbonyl (C=O) groups is 1. The average Bonchev–Trinajstić information content (AvgIpc) is 2.83. The first-order valence-corrected chi connectivity index (χ1v) is 12.3. The number of allylic oxidation sites excluding steroid dienone is 1. The molecule has 2 aliphatic rings. The first-order chi connectivity index (χ1) is 17.0. The molecule has 0 amide bonds. The van der Waals surface area contributed by atoms with E-state index in [2.05, 4.69) is 6.58 Å². The zero-order valence-electron chi connectivity index (χ0n) is 20.0. The molecule has 4 rings (SSSR count). The molecule has 0 heterocycles. The zero-order valence-corrected chi connectivity index (χ0v) is 20.0. The van der Waals surface area contributed by atoms with Gasteiger partial charge in [0.25, 0.3) is 0 Å². The highest BCUT2D eigenvalue weighted by molar-refractivity contribution is 5.92. The molecular formula is C28H28F6O2. The SMILES string of the molecule is C=CCCC1CCC(OC(=O)c2ccc3c(c2F)C(F)(F)C(F)(F)c2c-3ccc(CCC)c2F)CC1. The Bertz CT molecular complexity index is 1170. The maximum absolute atomic E-state index is 15.4. The minimum Gasteiger partial charge on any atom is -0.459 e. The number of halogens is 6. The molecule has 2 aliphatic carbocycles. The smallest absolute Gasteiger partial charge is 0.343 e. The summed E-state index contributed by atoms with van der Waals surface area (Å²) in [4.78, 5) is 12.7. The second-order valence-electron chi connectivity index (χ2n) is 9.62. The Morgan fingerprint density at radius 3 is 2.14 bits per heavy atom. The minimum atomic E-state index is -5.08. The van der Waals surface area contributed by atoms with E-state index in [1.807, 2.05) is 6.08 Å². The molecule has 1 saturated carbocycles. The van der Waals surface area contributed by atoms with Crippen LogP contribution in [0.25, 0.3) is 11.1 Å². The van der Waals surface area contributed by atoms with Gasteiger partial charge in [-0.05, 0) is 73.6 Å². The number of rotatable bonds is 7. The maximum atomic E-state index is 15.4. The topological polar surface area (TPSA) is 26.3 Å². The van der Waals surface area contributed by atoms with Gasteiger partial charge in [0.05, 0.1) is 16.7 Å². The summed E-state index contributed by atoms with van der Waals surface area (Å²) in [5.41, 5.74) is -5.12. The van der Waals surface area contributed by atoms with E-state index in [-0.39, 0.29) is 12.0 Å². The predicted molar refractivity (Wildman–Crippen MR) is 124 cm³/mol. The molecule has 1 fully saturated rings. The van der Waals surface area contributed by atoms with Crippen molar-refractivity contribution in [1.29, 1.82) is 0 Å². The van der Waals surface area contributed by atoms with Gasteiger partial charge < -0.3 is 4.74 Å². The molecule has 0 radical (unpaired) electrons. The molecule has 2 aromatic rings. The van der Waals surface area contributed by atoms with Gasteiger partial charge in [0, 0.05) is 0 Å². The van der Waals surface area contributed by atoms with E-state index >= 15 is 22.0 Å². The Morgan fingerprint density at radius 1 is 0.972 bits per heavy atom. The molecule has 2 nitrogen and oxygen atoms in total. The molecule has 0 spiro atoms. The summed E-state index contributed by atoms with van der Waals surface area (Å²) in [6, 6.07) is 4.25. The molecule has 0 unspecified atom stereocenters. The Kier molecular flexibility index (Phi) is 7.26. The van der Waals surface area contributed by atoms with Crippen molar-refractivity contribution in [3.8, 4) is 11.1 Å². The minimum absolute atomic E-state index is 0.0862. The van der Waals surface area contributed by atoms with Gasteiger partial charge in [-0.2, -0.15) is 17.6 Å². The third kappa shape index (κ3) is 4.33. The van der Waals surface area contributed by atoms with Gasteiger partial charge in [0.1, 0.15) is 17.7 Å². The molecule has 0 aliphatic heterocycles. The van der Waals surface area contributed by atoms with Crippen molar-refractivity contribution < 1.29 is 35.9 Å². The lowest BCUT2D eigenvalue weighted by molar-refractivity contribution is -0.227. The largest absolute Gasteiger partial charge is 0.459 e. The van der Waals surface area contributed by atoms with Crippen LogP contribution >= 0.6 is 0 Å². The highest BCUT2D eigenvalue weighted by Gasteiger charge is 2.65. The van der Waals surface area contributed by atoms with Gasteiger partial charge >= 0.3 is 17.8 Å². The highest BCUT2D eigenvalue weighted by Crippen LogP contribution is 2.59. The van der Waals surface area contributed by atoms with Crippen molar-refractivity contribution in [2.45, 2.75) is 76.2 Å². The second-order valence-corrected chi connectivity index (χ2v) is 9.62. The number of benzene rings is 2. The summed E-state index contributed by atoms with van der Waals surface area (Å²) in [5.74, 6) is -14.0. The summed E-state index contributed by atoms with van der Waals surface area (Å²) in [6.45, 7) is 5.40. The summed E-state index contributed by atoms with van der Waals surface area (Å²) in [5, 5.41) is 0. The van der Waals surface area contributed by atoms with Crippen LogP contribution in [0, 0.1) is 17.6 Å². The van der Waals surface area contributed by atoms with Gasteiger partial charge in [-0.25, -0.2) is 13.6 Å². The van der Waals surface area contributed by atoms with Crippen LogP contribution in [0.15, 0.2) is 36.9 Å². The summed E-state index contributed by atoms with van der Waals surface area (Å²) in [7, 11) is 0. The Labute approximate surface area is 206 Å². The van der Waals surface area contributed by atoms with Gasteiger partial charge in [0.2, 0.25) is 0 Å². The third-order valence-electron chi connectivity index (χ3n) is 7.26. The Hall–Kier alpha value is -2.77. The van der Waals surface area contributed by atoms with Crippen molar-refractivity contribution >= 4 is 5.97 Å². The van der Waals surface area contributed by atoms with Crippen LogP contribution in [0.2, 0.25) is 0 Å². The Morgan fingerprint density at radius 2 is 1.56 bits per heavy atom. The third-order valence-corrected chi connectivity index (χ3v) is 7.26. The van der Waals surface area contributed by atoms with Crippen LogP contribution < -0.4 is 0 Å². The number of esters is 1. The highest BCUT2D eigenvalue weighted by atomic mass is 19.3. The normalized spacial score (nSPS) is 21.9. The van der Waals surface area contributed by atoms with Crippen molar-refractivity contribution in [3.63, 3.8) is 0 Å². The van der Waals surface area contributed by atoms with E-state index < -0.39 is 63.4 Å². The lowest BCUT2D eigenvalue weighted by atomic mass is 9.78. The first kappa shape index (κ1) is 26.3. The van der Waals surface area contributed by atoms with Gasteiger partial charge in [-0.1, -0.05) is 37.6 Å². The number of aryl methyl sites for hydroxylation is 1. The maximum Gasteiger partial charge on any atom is 0.343 e. The molecular weight excluding hydrogens is 482 g/mol.